The van der Waals surface area contributed by atoms with Gasteiger partial charge in [0.05, 0.1) is 7.11 Å². The van der Waals surface area contributed by atoms with E-state index in [4.69, 9.17) is 4.74 Å². The lowest BCUT2D eigenvalue weighted by Crippen LogP contribution is -2.20. The van der Waals surface area contributed by atoms with E-state index >= 15 is 0 Å². The molecule has 0 aliphatic rings. The number of nitrogens with one attached hydrogen (secondary N) is 1. The Bertz CT molecular complexity index is 576. The van der Waals surface area contributed by atoms with Crippen LogP contribution in [0.25, 0.3) is 0 Å². The van der Waals surface area contributed by atoms with Crippen LogP contribution < -0.4 is 10.1 Å². The molecule has 2 rings (SSSR count). The smallest absolute Gasteiger partial charge is 0.330 e. The molecule has 1 atom stereocenters. The molecular weight excluding hydrogens is 254 g/mol. The predicted octanol–water partition coefficient (Wildman–Crippen LogP) is 3.24. The quantitative estimate of drug-likeness (QED) is 0.876. The van der Waals surface area contributed by atoms with Crippen LogP contribution >= 0.6 is 0 Å². The fraction of sp³-hybridized carbons (Fsp3) is 0.188. The summed E-state index contributed by atoms with van der Waals surface area (Å²) in [4.78, 5) is 11.4. The number of methoxy groups -OCH3 is 1. The van der Waals surface area contributed by atoms with Crippen LogP contribution in [0, 0.1) is 6.92 Å². The fourth-order valence-corrected chi connectivity index (χ4v) is 1.90. The molecule has 0 heterocycles. The first kappa shape index (κ1) is 13.9. The second-order valence-corrected chi connectivity index (χ2v) is 4.55. The summed E-state index contributed by atoms with van der Waals surface area (Å²) in [5, 5.41) is 12.4. The second kappa shape index (κ2) is 6.10. The standard InChI is InChI=1S/C16H17NO3/c1-11-3-5-12(6-4-11)15(16(18)19)17-13-7-9-14(20-2)10-8-13/h3-10,15,17H,1-2H3,(H,18,19)/t15-/m1/s1. The first-order valence-electron chi connectivity index (χ1n) is 6.30. The number of hydrogen-bond donors (Lipinski definition) is 2. The van der Waals surface area contributed by atoms with Gasteiger partial charge in [-0.1, -0.05) is 29.8 Å². The van der Waals surface area contributed by atoms with Crippen LogP contribution in [0.1, 0.15) is 17.2 Å². The monoisotopic (exact) mass is 271 g/mol. The topological polar surface area (TPSA) is 58.6 Å². The Labute approximate surface area is 118 Å². The summed E-state index contributed by atoms with van der Waals surface area (Å²) in [5.74, 6) is -0.178. The Balaban J connectivity index is 2.20. The van der Waals surface area contributed by atoms with Crippen molar-refractivity contribution in [2.75, 3.05) is 12.4 Å². The molecule has 4 nitrogen and oxygen atoms in total. The molecule has 2 N–H and O–H groups in total. The Hall–Kier alpha value is -2.49. The van der Waals surface area contributed by atoms with Gasteiger partial charge in [-0.25, -0.2) is 4.79 Å². The number of anilines is 1. The highest BCUT2D eigenvalue weighted by molar-refractivity contribution is 5.79. The van der Waals surface area contributed by atoms with Gasteiger partial charge in [0.15, 0.2) is 6.04 Å². The predicted molar refractivity (Wildman–Crippen MR) is 78.2 cm³/mol. The molecule has 0 amide bonds. The van der Waals surface area contributed by atoms with Gasteiger partial charge in [0.1, 0.15) is 5.75 Å². The summed E-state index contributed by atoms with van der Waals surface area (Å²) < 4.78 is 5.08. The number of aliphatic carboxylic acids is 1. The van der Waals surface area contributed by atoms with Gasteiger partial charge in [-0.2, -0.15) is 0 Å². The number of benzene rings is 2. The molecule has 2 aromatic rings. The summed E-state index contributed by atoms with van der Waals surface area (Å²) in [5.41, 5.74) is 2.56. The number of hydrogen-bond acceptors (Lipinski definition) is 3. The third kappa shape index (κ3) is 3.29. The Morgan fingerprint density at radius 1 is 1.10 bits per heavy atom. The van der Waals surface area contributed by atoms with Gasteiger partial charge in [0, 0.05) is 5.69 Å². The maximum absolute atomic E-state index is 11.4. The number of rotatable bonds is 5. The lowest BCUT2D eigenvalue weighted by atomic mass is 10.0. The molecule has 0 aromatic heterocycles. The van der Waals surface area contributed by atoms with Crippen LogP contribution in [-0.2, 0) is 4.79 Å². The number of carbonyl (C=O) groups is 1. The van der Waals surface area contributed by atoms with Crippen LogP contribution in [0.3, 0.4) is 0 Å². The van der Waals surface area contributed by atoms with E-state index < -0.39 is 12.0 Å². The van der Waals surface area contributed by atoms with E-state index in [0.29, 0.717) is 0 Å². The summed E-state index contributed by atoms with van der Waals surface area (Å²) in [6.45, 7) is 1.97. The highest BCUT2D eigenvalue weighted by Crippen LogP contribution is 2.22. The SMILES string of the molecule is COc1ccc(N[C@@H](C(=O)O)c2ccc(C)cc2)cc1. The van der Waals surface area contributed by atoms with E-state index in [1.807, 2.05) is 31.2 Å². The van der Waals surface area contributed by atoms with Gasteiger partial charge >= 0.3 is 5.97 Å². The van der Waals surface area contributed by atoms with Gasteiger partial charge in [-0.15, -0.1) is 0 Å². The minimum atomic E-state index is -0.912. The van der Waals surface area contributed by atoms with Crippen molar-refractivity contribution < 1.29 is 14.6 Å². The lowest BCUT2D eigenvalue weighted by Gasteiger charge is -2.16. The van der Waals surface area contributed by atoms with Crippen molar-refractivity contribution in [3.05, 3.63) is 59.7 Å². The number of ether oxygens (including phenoxy) is 1. The molecule has 4 heteroatoms. The average Bonchev–Trinajstić information content (AvgIpc) is 2.46. The molecule has 0 fully saturated rings. The zero-order chi connectivity index (χ0) is 14.5. The van der Waals surface area contributed by atoms with E-state index in [2.05, 4.69) is 5.32 Å². The molecule has 20 heavy (non-hydrogen) atoms. The molecular formula is C16H17NO3. The lowest BCUT2D eigenvalue weighted by molar-refractivity contribution is -0.138. The average molecular weight is 271 g/mol. The molecule has 0 saturated carbocycles. The Morgan fingerprint density at radius 2 is 1.70 bits per heavy atom. The molecule has 0 radical (unpaired) electrons. The van der Waals surface area contributed by atoms with Crippen molar-refractivity contribution in [2.24, 2.45) is 0 Å². The summed E-state index contributed by atoms with van der Waals surface area (Å²) >= 11 is 0. The zero-order valence-electron chi connectivity index (χ0n) is 11.5. The summed E-state index contributed by atoms with van der Waals surface area (Å²) in [6, 6.07) is 13.8. The first-order chi connectivity index (χ1) is 9.60. The van der Waals surface area contributed by atoms with Crippen molar-refractivity contribution in [1.82, 2.24) is 0 Å². The van der Waals surface area contributed by atoms with Crippen LogP contribution in [0.4, 0.5) is 5.69 Å². The molecule has 0 aliphatic heterocycles. The van der Waals surface area contributed by atoms with E-state index in [0.717, 1.165) is 22.6 Å². The van der Waals surface area contributed by atoms with Crippen molar-refractivity contribution in [3.8, 4) is 5.75 Å². The number of carboxylic acids is 1. The maximum Gasteiger partial charge on any atom is 0.330 e. The largest absolute Gasteiger partial charge is 0.497 e. The molecule has 0 unspecified atom stereocenters. The van der Waals surface area contributed by atoms with Crippen molar-refractivity contribution in [1.29, 1.82) is 0 Å². The van der Waals surface area contributed by atoms with Crippen LogP contribution in [0.15, 0.2) is 48.5 Å². The zero-order valence-corrected chi connectivity index (χ0v) is 11.5. The van der Waals surface area contributed by atoms with Crippen LogP contribution in [0.5, 0.6) is 5.75 Å². The van der Waals surface area contributed by atoms with E-state index in [-0.39, 0.29) is 0 Å². The van der Waals surface area contributed by atoms with Gasteiger partial charge in [-0.05, 0) is 36.8 Å². The summed E-state index contributed by atoms with van der Waals surface area (Å²) in [7, 11) is 1.59. The van der Waals surface area contributed by atoms with Gasteiger partial charge < -0.3 is 15.2 Å². The van der Waals surface area contributed by atoms with E-state index in [9.17, 15) is 9.90 Å². The van der Waals surface area contributed by atoms with Crippen molar-refractivity contribution >= 4 is 11.7 Å². The van der Waals surface area contributed by atoms with Gasteiger partial charge in [0.2, 0.25) is 0 Å². The normalized spacial score (nSPS) is 11.7. The fourth-order valence-electron chi connectivity index (χ4n) is 1.90. The Morgan fingerprint density at radius 3 is 2.20 bits per heavy atom. The van der Waals surface area contributed by atoms with Gasteiger partial charge in [-0.3, -0.25) is 0 Å². The second-order valence-electron chi connectivity index (χ2n) is 4.55. The highest BCUT2D eigenvalue weighted by Gasteiger charge is 2.19. The third-order valence-electron chi connectivity index (χ3n) is 3.06. The van der Waals surface area contributed by atoms with E-state index in [1.165, 1.54) is 0 Å². The summed E-state index contributed by atoms with van der Waals surface area (Å²) in [6.07, 6.45) is 0. The van der Waals surface area contributed by atoms with Crippen molar-refractivity contribution in [2.45, 2.75) is 13.0 Å². The molecule has 104 valence electrons. The molecule has 2 aromatic carbocycles. The highest BCUT2D eigenvalue weighted by atomic mass is 16.5. The van der Waals surface area contributed by atoms with E-state index in [1.54, 1.807) is 31.4 Å². The third-order valence-corrected chi connectivity index (χ3v) is 3.06. The first-order valence-corrected chi connectivity index (χ1v) is 6.30. The van der Waals surface area contributed by atoms with Crippen LogP contribution in [-0.4, -0.2) is 18.2 Å². The maximum atomic E-state index is 11.4. The number of carboxylic acid groups (broad SMARTS) is 1. The minimum Gasteiger partial charge on any atom is -0.497 e. The Kier molecular flexibility index (Phi) is 4.25. The molecule has 0 bridgehead atoms. The van der Waals surface area contributed by atoms with Gasteiger partial charge in [0.25, 0.3) is 0 Å². The molecule has 0 saturated heterocycles. The van der Waals surface area contributed by atoms with Crippen molar-refractivity contribution in [3.63, 3.8) is 0 Å². The molecule has 0 spiro atoms. The number of aryl methyl sites for hydroxylation is 1. The minimum absolute atomic E-state index is 0.721. The molecule has 0 aliphatic carbocycles. The van der Waals surface area contributed by atoms with Crippen LogP contribution in [0.2, 0.25) is 0 Å².